The third kappa shape index (κ3) is 5.73. The van der Waals surface area contributed by atoms with Gasteiger partial charge in [0.25, 0.3) is 0 Å². The van der Waals surface area contributed by atoms with Gasteiger partial charge in [0.15, 0.2) is 0 Å². The molecule has 0 aliphatic carbocycles. The van der Waals surface area contributed by atoms with E-state index in [2.05, 4.69) is 22.9 Å². The fraction of sp³-hybridized carbons (Fsp3) is 0.600. The summed E-state index contributed by atoms with van der Waals surface area (Å²) >= 11 is 9.48. The monoisotopic (exact) mass is 332 g/mol. The van der Waals surface area contributed by atoms with E-state index in [4.69, 9.17) is 11.6 Å². The Hall–Kier alpha value is -0.0500. The van der Waals surface area contributed by atoms with Gasteiger partial charge in [-0.2, -0.15) is 0 Å². The molecule has 0 amide bonds. The topological polar surface area (TPSA) is 20.2 Å². The van der Waals surface area contributed by atoms with Crippen molar-refractivity contribution in [3.05, 3.63) is 33.3 Å². The average Bonchev–Trinajstić information content (AvgIpc) is 2.33. The summed E-state index contributed by atoms with van der Waals surface area (Å²) in [6.45, 7) is 2.22. The SMILES string of the molecule is CCCCCCCCC(O)c1ccc(Br)cc1Cl. The molecule has 3 heteroatoms. The first kappa shape index (κ1) is 16.0. The van der Waals surface area contributed by atoms with Gasteiger partial charge in [0.1, 0.15) is 0 Å². The van der Waals surface area contributed by atoms with Gasteiger partial charge in [0, 0.05) is 9.50 Å². The normalized spacial score (nSPS) is 12.7. The maximum absolute atomic E-state index is 10.1. The van der Waals surface area contributed by atoms with Crippen LogP contribution in [0.1, 0.15) is 63.5 Å². The zero-order chi connectivity index (χ0) is 13.4. The number of benzene rings is 1. The Labute approximate surface area is 124 Å². The van der Waals surface area contributed by atoms with Gasteiger partial charge in [0.05, 0.1) is 6.10 Å². The highest BCUT2D eigenvalue weighted by molar-refractivity contribution is 9.10. The largest absolute Gasteiger partial charge is 0.388 e. The van der Waals surface area contributed by atoms with Crippen molar-refractivity contribution in [1.82, 2.24) is 0 Å². The third-order valence-electron chi connectivity index (χ3n) is 3.15. The molecule has 1 nitrogen and oxygen atoms in total. The summed E-state index contributed by atoms with van der Waals surface area (Å²) < 4.78 is 0.947. The van der Waals surface area contributed by atoms with E-state index in [1.54, 1.807) is 0 Å². The van der Waals surface area contributed by atoms with E-state index in [1.807, 2.05) is 18.2 Å². The van der Waals surface area contributed by atoms with Crippen LogP contribution < -0.4 is 0 Å². The van der Waals surface area contributed by atoms with Gasteiger partial charge in [-0.3, -0.25) is 0 Å². The van der Waals surface area contributed by atoms with E-state index in [9.17, 15) is 5.11 Å². The summed E-state index contributed by atoms with van der Waals surface area (Å²) in [7, 11) is 0. The Morgan fingerprint density at radius 1 is 1.17 bits per heavy atom. The molecule has 0 radical (unpaired) electrons. The van der Waals surface area contributed by atoms with E-state index in [0.717, 1.165) is 22.9 Å². The lowest BCUT2D eigenvalue weighted by atomic mass is 10.0. The highest BCUT2D eigenvalue weighted by Crippen LogP contribution is 2.29. The van der Waals surface area contributed by atoms with E-state index in [-0.39, 0.29) is 0 Å². The third-order valence-corrected chi connectivity index (χ3v) is 3.97. The van der Waals surface area contributed by atoms with Crippen molar-refractivity contribution in [2.24, 2.45) is 0 Å². The predicted octanol–water partition coefficient (Wildman–Crippen LogP) is 5.89. The smallest absolute Gasteiger partial charge is 0.0804 e. The lowest BCUT2D eigenvalue weighted by Crippen LogP contribution is -1.98. The fourth-order valence-corrected chi connectivity index (χ4v) is 2.84. The average molecular weight is 334 g/mol. The van der Waals surface area contributed by atoms with Crippen LogP contribution >= 0.6 is 27.5 Å². The molecule has 0 aliphatic heterocycles. The summed E-state index contributed by atoms with van der Waals surface area (Å²) in [6.07, 6.45) is 7.81. The Morgan fingerprint density at radius 3 is 2.50 bits per heavy atom. The number of unbranched alkanes of at least 4 members (excludes halogenated alkanes) is 5. The highest BCUT2D eigenvalue weighted by atomic mass is 79.9. The van der Waals surface area contributed by atoms with E-state index < -0.39 is 6.10 Å². The van der Waals surface area contributed by atoms with Crippen LogP contribution in [0.4, 0.5) is 0 Å². The molecule has 0 aromatic heterocycles. The summed E-state index contributed by atoms with van der Waals surface area (Å²) in [5.41, 5.74) is 0.841. The minimum absolute atomic E-state index is 0.434. The lowest BCUT2D eigenvalue weighted by Gasteiger charge is -2.12. The van der Waals surface area contributed by atoms with Crippen LogP contribution in [0.25, 0.3) is 0 Å². The molecule has 1 aromatic carbocycles. The molecule has 0 bridgehead atoms. The van der Waals surface area contributed by atoms with Gasteiger partial charge in [-0.1, -0.05) is 79.0 Å². The van der Waals surface area contributed by atoms with Crippen molar-refractivity contribution >= 4 is 27.5 Å². The Morgan fingerprint density at radius 2 is 1.83 bits per heavy atom. The molecule has 0 aliphatic rings. The maximum atomic E-state index is 10.1. The Balaban J connectivity index is 2.29. The van der Waals surface area contributed by atoms with Crippen LogP contribution in [0.2, 0.25) is 5.02 Å². The molecule has 0 spiro atoms. The maximum Gasteiger partial charge on any atom is 0.0804 e. The summed E-state index contributed by atoms with van der Waals surface area (Å²) in [5.74, 6) is 0. The van der Waals surface area contributed by atoms with Crippen LogP contribution in [-0.2, 0) is 0 Å². The van der Waals surface area contributed by atoms with Crippen LogP contribution in [0.3, 0.4) is 0 Å². The predicted molar refractivity (Wildman–Crippen MR) is 82.1 cm³/mol. The Kier molecular flexibility index (Phi) is 7.96. The molecule has 1 aromatic rings. The molecule has 0 fully saturated rings. The van der Waals surface area contributed by atoms with Crippen molar-refractivity contribution in [1.29, 1.82) is 0 Å². The Bertz CT molecular complexity index is 354. The molecule has 0 heterocycles. The molecule has 0 saturated heterocycles. The van der Waals surface area contributed by atoms with Crippen LogP contribution in [0.5, 0.6) is 0 Å². The number of aliphatic hydroxyl groups is 1. The second-order valence-corrected chi connectivity index (χ2v) is 6.06. The molecular formula is C15H22BrClO. The first-order valence-electron chi connectivity index (χ1n) is 6.78. The van der Waals surface area contributed by atoms with E-state index in [1.165, 1.54) is 32.1 Å². The number of hydrogen-bond donors (Lipinski definition) is 1. The van der Waals surface area contributed by atoms with E-state index in [0.29, 0.717) is 5.02 Å². The van der Waals surface area contributed by atoms with Gasteiger partial charge >= 0.3 is 0 Å². The molecule has 1 unspecified atom stereocenters. The number of halogens is 2. The first-order chi connectivity index (χ1) is 8.65. The first-order valence-corrected chi connectivity index (χ1v) is 7.95. The van der Waals surface area contributed by atoms with Crippen molar-refractivity contribution in [3.63, 3.8) is 0 Å². The summed E-state index contributed by atoms with van der Waals surface area (Å²) in [5, 5.41) is 10.7. The molecule has 102 valence electrons. The molecule has 1 N–H and O–H groups in total. The van der Waals surface area contributed by atoms with Crippen LogP contribution in [0, 0.1) is 0 Å². The van der Waals surface area contributed by atoms with E-state index >= 15 is 0 Å². The van der Waals surface area contributed by atoms with Gasteiger partial charge in [-0.15, -0.1) is 0 Å². The minimum atomic E-state index is -0.434. The van der Waals surface area contributed by atoms with Crippen molar-refractivity contribution in [2.75, 3.05) is 0 Å². The second-order valence-electron chi connectivity index (χ2n) is 4.74. The lowest BCUT2D eigenvalue weighted by molar-refractivity contribution is 0.163. The van der Waals surface area contributed by atoms with Gasteiger partial charge < -0.3 is 5.11 Å². The molecule has 1 rings (SSSR count). The number of rotatable bonds is 8. The minimum Gasteiger partial charge on any atom is -0.388 e. The summed E-state index contributed by atoms with van der Waals surface area (Å²) in [6, 6.07) is 5.65. The fourth-order valence-electron chi connectivity index (χ4n) is 2.05. The van der Waals surface area contributed by atoms with Crippen molar-refractivity contribution < 1.29 is 5.11 Å². The molecule has 0 saturated carbocycles. The van der Waals surface area contributed by atoms with Crippen LogP contribution in [-0.4, -0.2) is 5.11 Å². The molecular weight excluding hydrogens is 312 g/mol. The quantitative estimate of drug-likeness (QED) is 0.588. The zero-order valence-corrected chi connectivity index (χ0v) is 13.3. The van der Waals surface area contributed by atoms with Gasteiger partial charge in [-0.25, -0.2) is 0 Å². The standard InChI is InChI=1S/C15H22BrClO/c1-2-3-4-5-6-7-8-15(18)13-10-9-12(16)11-14(13)17/h9-11,15,18H,2-8H2,1H3. The molecule has 18 heavy (non-hydrogen) atoms. The number of aliphatic hydroxyl groups excluding tert-OH is 1. The number of hydrogen-bond acceptors (Lipinski definition) is 1. The van der Waals surface area contributed by atoms with Crippen molar-refractivity contribution in [3.8, 4) is 0 Å². The van der Waals surface area contributed by atoms with Crippen LogP contribution in [0.15, 0.2) is 22.7 Å². The van der Waals surface area contributed by atoms with Gasteiger partial charge in [-0.05, 0) is 24.1 Å². The second kappa shape index (κ2) is 8.95. The zero-order valence-electron chi connectivity index (χ0n) is 11.0. The highest BCUT2D eigenvalue weighted by Gasteiger charge is 2.11. The van der Waals surface area contributed by atoms with Crippen molar-refractivity contribution in [2.45, 2.75) is 58.0 Å². The summed E-state index contributed by atoms with van der Waals surface area (Å²) in [4.78, 5) is 0. The molecule has 1 atom stereocenters. The van der Waals surface area contributed by atoms with Gasteiger partial charge in [0.2, 0.25) is 0 Å².